The Labute approximate surface area is 115 Å². The summed E-state index contributed by atoms with van der Waals surface area (Å²) in [6.45, 7) is 6.10. The monoisotopic (exact) mass is 254 g/mol. The third-order valence-corrected chi connectivity index (χ3v) is 3.65. The molecule has 0 radical (unpaired) electrons. The van der Waals surface area contributed by atoms with Crippen LogP contribution in [0.5, 0.6) is 0 Å². The van der Waals surface area contributed by atoms with Crippen LogP contribution in [0, 0.1) is 6.92 Å². The number of hydrogen-bond donors (Lipinski definition) is 1. The fourth-order valence-corrected chi connectivity index (χ4v) is 2.30. The maximum Gasteiger partial charge on any atom is 0.0908 e. The minimum atomic E-state index is -0.818. The predicted octanol–water partition coefficient (Wildman–Crippen LogP) is 4.01. The van der Waals surface area contributed by atoms with E-state index in [1.165, 1.54) is 11.1 Å². The molecule has 1 heteroatoms. The highest BCUT2D eigenvalue weighted by Crippen LogP contribution is 2.25. The van der Waals surface area contributed by atoms with Crippen LogP contribution in [0.4, 0.5) is 0 Å². The van der Waals surface area contributed by atoms with Crippen LogP contribution in [0.15, 0.2) is 48.5 Å². The lowest BCUT2D eigenvalue weighted by Gasteiger charge is -2.24. The number of hydrogen-bond acceptors (Lipinski definition) is 1. The number of benzene rings is 2. The van der Waals surface area contributed by atoms with Crippen LogP contribution >= 0.6 is 0 Å². The lowest BCUT2D eigenvalue weighted by Crippen LogP contribution is -2.24. The van der Waals surface area contributed by atoms with Crippen molar-refractivity contribution >= 4 is 0 Å². The smallest absolute Gasteiger partial charge is 0.0908 e. The molecule has 0 amide bonds. The fourth-order valence-electron chi connectivity index (χ4n) is 2.30. The summed E-state index contributed by atoms with van der Waals surface area (Å²) in [6.07, 6.45) is 1.67. The van der Waals surface area contributed by atoms with Gasteiger partial charge in [-0.15, -0.1) is 0 Å². The van der Waals surface area contributed by atoms with Crippen LogP contribution in [0.2, 0.25) is 0 Å². The van der Waals surface area contributed by atoms with E-state index in [2.05, 4.69) is 50.2 Å². The van der Waals surface area contributed by atoms with Gasteiger partial charge in [0.05, 0.1) is 5.60 Å². The Bertz CT molecular complexity index is 521. The first-order valence-corrected chi connectivity index (χ1v) is 6.88. The minimum absolute atomic E-state index is 0.638. The molecule has 0 fully saturated rings. The average Bonchev–Trinajstić information content (AvgIpc) is 2.41. The summed E-state index contributed by atoms with van der Waals surface area (Å²) >= 11 is 0. The van der Waals surface area contributed by atoms with Gasteiger partial charge < -0.3 is 5.11 Å². The molecule has 0 saturated carbocycles. The SMILES string of the molecule is CCc1ccc(C(C)(O)Cc2ccc(C)cc2)cc1. The molecule has 0 aliphatic rings. The van der Waals surface area contributed by atoms with E-state index >= 15 is 0 Å². The molecule has 100 valence electrons. The Balaban J connectivity index is 2.18. The Morgan fingerprint density at radius 3 is 1.95 bits per heavy atom. The highest BCUT2D eigenvalue weighted by atomic mass is 16.3. The quantitative estimate of drug-likeness (QED) is 0.874. The molecule has 0 saturated heterocycles. The molecule has 2 aromatic rings. The van der Waals surface area contributed by atoms with E-state index in [0.717, 1.165) is 17.5 Å². The molecule has 0 spiro atoms. The predicted molar refractivity (Wildman–Crippen MR) is 80.3 cm³/mol. The Morgan fingerprint density at radius 1 is 0.895 bits per heavy atom. The van der Waals surface area contributed by atoms with Gasteiger partial charge in [0.15, 0.2) is 0 Å². The zero-order chi connectivity index (χ0) is 13.9. The number of rotatable bonds is 4. The van der Waals surface area contributed by atoms with E-state index in [0.29, 0.717) is 6.42 Å². The van der Waals surface area contributed by atoms with Gasteiger partial charge in [-0.1, -0.05) is 61.0 Å². The summed E-state index contributed by atoms with van der Waals surface area (Å²) in [5.41, 5.74) is 3.87. The maximum absolute atomic E-state index is 10.7. The molecule has 1 nitrogen and oxygen atoms in total. The molecule has 1 N–H and O–H groups in total. The van der Waals surface area contributed by atoms with Crippen molar-refractivity contribution < 1.29 is 5.11 Å². The average molecular weight is 254 g/mol. The van der Waals surface area contributed by atoms with Crippen LogP contribution in [-0.2, 0) is 18.4 Å². The van der Waals surface area contributed by atoms with E-state index < -0.39 is 5.60 Å². The van der Waals surface area contributed by atoms with E-state index in [1.54, 1.807) is 0 Å². The van der Waals surface area contributed by atoms with Crippen LogP contribution in [0.3, 0.4) is 0 Å². The normalized spacial score (nSPS) is 14.1. The van der Waals surface area contributed by atoms with E-state index in [9.17, 15) is 5.11 Å². The van der Waals surface area contributed by atoms with Gasteiger partial charge in [0.2, 0.25) is 0 Å². The highest BCUT2D eigenvalue weighted by molar-refractivity contribution is 5.30. The Hall–Kier alpha value is -1.60. The van der Waals surface area contributed by atoms with Gasteiger partial charge in [0.1, 0.15) is 0 Å². The van der Waals surface area contributed by atoms with Gasteiger partial charge in [0.25, 0.3) is 0 Å². The number of aliphatic hydroxyl groups is 1. The van der Waals surface area contributed by atoms with E-state index in [4.69, 9.17) is 0 Å². The summed E-state index contributed by atoms with van der Waals surface area (Å²) in [5.74, 6) is 0. The molecule has 0 bridgehead atoms. The molecule has 1 unspecified atom stereocenters. The lowest BCUT2D eigenvalue weighted by molar-refractivity contribution is 0.0576. The second kappa shape index (κ2) is 5.58. The third-order valence-electron chi connectivity index (χ3n) is 3.65. The minimum Gasteiger partial charge on any atom is -0.385 e. The molecule has 0 aliphatic carbocycles. The standard InChI is InChI=1S/C18H22O/c1-4-15-9-11-17(12-10-15)18(3,19)13-16-7-5-14(2)6-8-16/h5-12,19H,4,13H2,1-3H3. The van der Waals surface area contributed by atoms with Crippen molar-refractivity contribution in [2.24, 2.45) is 0 Å². The summed E-state index contributed by atoms with van der Waals surface area (Å²) in [5, 5.41) is 10.7. The van der Waals surface area contributed by atoms with Gasteiger partial charge in [-0.2, -0.15) is 0 Å². The van der Waals surface area contributed by atoms with Crippen molar-refractivity contribution in [3.8, 4) is 0 Å². The molecule has 0 aromatic heterocycles. The molecular weight excluding hydrogens is 232 g/mol. The van der Waals surface area contributed by atoms with Crippen molar-refractivity contribution in [2.45, 2.75) is 39.2 Å². The molecule has 2 rings (SSSR count). The van der Waals surface area contributed by atoms with Crippen molar-refractivity contribution in [2.75, 3.05) is 0 Å². The largest absolute Gasteiger partial charge is 0.385 e. The summed E-state index contributed by atoms with van der Waals surface area (Å²) < 4.78 is 0. The van der Waals surface area contributed by atoms with Crippen molar-refractivity contribution in [1.82, 2.24) is 0 Å². The molecule has 19 heavy (non-hydrogen) atoms. The van der Waals surface area contributed by atoms with Crippen molar-refractivity contribution in [3.63, 3.8) is 0 Å². The first-order chi connectivity index (χ1) is 9.01. The lowest BCUT2D eigenvalue weighted by atomic mass is 9.88. The summed E-state index contributed by atoms with van der Waals surface area (Å²) in [6, 6.07) is 16.6. The molecule has 0 aliphatic heterocycles. The zero-order valence-electron chi connectivity index (χ0n) is 12.0. The third kappa shape index (κ3) is 3.45. The Kier molecular flexibility index (Phi) is 4.06. The molecular formula is C18H22O. The zero-order valence-corrected chi connectivity index (χ0v) is 12.0. The fraction of sp³-hybridized carbons (Fsp3) is 0.333. The second-order valence-electron chi connectivity index (χ2n) is 5.49. The maximum atomic E-state index is 10.7. The van der Waals surface area contributed by atoms with Crippen LogP contribution in [-0.4, -0.2) is 5.11 Å². The molecule has 2 aromatic carbocycles. The van der Waals surface area contributed by atoms with Gasteiger partial charge >= 0.3 is 0 Å². The van der Waals surface area contributed by atoms with Crippen LogP contribution in [0.1, 0.15) is 36.1 Å². The van der Waals surface area contributed by atoms with E-state index in [1.807, 2.05) is 19.1 Å². The molecule has 0 heterocycles. The van der Waals surface area contributed by atoms with Crippen molar-refractivity contribution in [3.05, 3.63) is 70.8 Å². The molecule has 1 atom stereocenters. The first kappa shape index (κ1) is 13.8. The van der Waals surface area contributed by atoms with Crippen LogP contribution in [0.25, 0.3) is 0 Å². The van der Waals surface area contributed by atoms with Crippen LogP contribution < -0.4 is 0 Å². The topological polar surface area (TPSA) is 20.2 Å². The Morgan fingerprint density at radius 2 is 1.42 bits per heavy atom. The first-order valence-electron chi connectivity index (χ1n) is 6.88. The summed E-state index contributed by atoms with van der Waals surface area (Å²) in [4.78, 5) is 0. The van der Waals surface area contributed by atoms with Gasteiger partial charge in [-0.05, 0) is 37.0 Å². The second-order valence-corrected chi connectivity index (χ2v) is 5.49. The van der Waals surface area contributed by atoms with Gasteiger partial charge in [-0.25, -0.2) is 0 Å². The van der Waals surface area contributed by atoms with E-state index in [-0.39, 0.29) is 0 Å². The van der Waals surface area contributed by atoms with Gasteiger partial charge in [-0.3, -0.25) is 0 Å². The number of aryl methyl sites for hydroxylation is 2. The van der Waals surface area contributed by atoms with Gasteiger partial charge in [0, 0.05) is 6.42 Å². The van der Waals surface area contributed by atoms with Crippen molar-refractivity contribution in [1.29, 1.82) is 0 Å². The highest BCUT2D eigenvalue weighted by Gasteiger charge is 2.23. The summed E-state index contributed by atoms with van der Waals surface area (Å²) in [7, 11) is 0.